The average molecular weight is 270 g/mol. The molecule has 0 N–H and O–H groups in total. The van der Waals surface area contributed by atoms with E-state index in [0.717, 1.165) is 19.3 Å². The molecule has 1 saturated heterocycles. The smallest absolute Gasteiger partial charge is 0.314 e. The molecule has 0 aromatic carbocycles. The van der Waals surface area contributed by atoms with Gasteiger partial charge in [0.2, 0.25) is 0 Å². The minimum absolute atomic E-state index is 0.168. The molecule has 2 aliphatic rings. The van der Waals surface area contributed by atoms with Crippen LogP contribution in [0.3, 0.4) is 0 Å². The predicted octanol–water partition coefficient (Wildman–Crippen LogP) is 2.76. The van der Waals surface area contributed by atoms with Gasteiger partial charge in [0.05, 0.1) is 19.8 Å². The van der Waals surface area contributed by atoms with Crippen molar-refractivity contribution in [3.05, 3.63) is 0 Å². The molecule has 2 unspecified atom stereocenters. The second-order valence-electron chi connectivity index (χ2n) is 6.65. The summed E-state index contributed by atoms with van der Waals surface area (Å²) in [6, 6.07) is 0. The first-order chi connectivity index (χ1) is 8.89. The van der Waals surface area contributed by atoms with Crippen molar-refractivity contribution in [2.24, 2.45) is 17.3 Å². The third kappa shape index (κ3) is 2.95. The van der Waals surface area contributed by atoms with E-state index >= 15 is 0 Å². The number of ether oxygens (including phenoxy) is 3. The molecule has 19 heavy (non-hydrogen) atoms. The van der Waals surface area contributed by atoms with Gasteiger partial charge in [0.1, 0.15) is 5.92 Å². The van der Waals surface area contributed by atoms with E-state index in [1.54, 1.807) is 0 Å². The summed E-state index contributed by atoms with van der Waals surface area (Å²) in [5.41, 5.74) is 0.199. The van der Waals surface area contributed by atoms with Gasteiger partial charge in [0, 0.05) is 6.42 Å². The Morgan fingerprint density at radius 3 is 2.47 bits per heavy atom. The topological polar surface area (TPSA) is 44.8 Å². The summed E-state index contributed by atoms with van der Waals surface area (Å²) >= 11 is 0. The Bertz CT molecular complexity index is 326. The van der Waals surface area contributed by atoms with Crippen molar-refractivity contribution in [3.8, 4) is 0 Å². The van der Waals surface area contributed by atoms with Crippen molar-refractivity contribution in [1.82, 2.24) is 0 Å². The van der Waals surface area contributed by atoms with Crippen molar-refractivity contribution in [2.45, 2.75) is 52.7 Å². The zero-order valence-corrected chi connectivity index (χ0v) is 12.5. The van der Waals surface area contributed by atoms with Gasteiger partial charge in [-0.05, 0) is 31.1 Å². The molecular formula is C15H26O4. The van der Waals surface area contributed by atoms with Crippen LogP contribution in [0.15, 0.2) is 0 Å². The van der Waals surface area contributed by atoms with Gasteiger partial charge >= 0.3 is 5.97 Å². The van der Waals surface area contributed by atoms with Gasteiger partial charge in [-0.15, -0.1) is 0 Å². The summed E-state index contributed by atoms with van der Waals surface area (Å²) in [6.45, 7) is 10.1. The third-order valence-electron chi connectivity index (χ3n) is 4.46. The van der Waals surface area contributed by atoms with E-state index in [-0.39, 0.29) is 17.3 Å². The van der Waals surface area contributed by atoms with Crippen LogP contribution in [-0.4, -0.2) is 31.6 Å². The summed E-state index contributed by atoms with van der Waals surface area (Å²) in [7, 11) is 0. The molecule has 4 nitrogen and oxygen atoms in total. The first-order valence-corrected chi connectivity index (χ1v) is 7.33. The van der Waals surface area contributed by atoms with E-state index in [9.17, 15) is 4.79 Å². The SMILES string of the molecule is CCOC(=O)C1CC(C(C)(C)C)CCC12OCCO2. The van der Waals surface area contributed by atoms with Crippen molar-refractivity contribution in [2.75, 3.05) is 19.8 Å². The number of esters is 1. The van der Waals surface area contributed by atoms with Crippen LogP contribution in [0.5, 0.6) is 0 Å². The van der Waals surface area contributed by atoms with Crippen LogP contribution >= 0.6 is 0 Å². The summed E-state index contributed by atoms with van der Waals surface area (Å²) in [5.74, 6) is -0.666. The van der Waals surface area contributed by atoms with E-state index in [1.807, 2.05) is 6.92 Å². The quantitative estimate of drug-likeness (QED) is 0.724. The molecule has 0 bridgehead atoms. The van der Waals surface area contributed by atoms with E-state index in [4.69, 9.17) is 14.2 Å². The Hall–Kier alpha value is -0.610. The molecule has 1 spiro atoms. The van der Waals surface area contributed by atoms with Crippen molar-refractivity contribution >= 4 is 5.97 Å². The van der Waals surface area contributed by atoms with Crippen molar-refractivity contribution < 1.29 is 19.0 Å². The Morgan fingerprint density at radius 1 is 1.32 bits per heavy atom. The number of hydrogen-bond donors (Lipinski definition) is 0. The molecule has 2 atom stereocenters. The molecule has 1 aliphatic heterocycles. The Morgan fingerprint density at radius 2 is 1.95 bits per heavy atom. The number of carbonyl (C=O) groups is 1. The number of hydrogen-bond acceptors (Lipinski definition) is 4. The third-order valence-corrected chi connectivity index (χ3v) is 4.46. The minimum Gasteiger partial charge on any atom is -0.466 e. The standard InChI is InChI=1S/C15H26O4/c1-5-17-13(16)12-10-11(14(2,3)4)6-7-15(12)18-8-9-19-15/h11-12H,5-10H2,1-4H3. The fourth-order valence-corrected chi connectivity index (χ4v) is 3.25. The first-order valence-electron chi connectivity index (χ1n) is 7.33. The van der Waals surface area contributed by atoms with Gasteiger partial charge in [-0.25, -0.2) is 0 Å². The number of carbonyl (C=O) groups excluding carboxylic acids is 1. The van der Waals surface area contributed by atoms with Crippen LogP contribution in [0.25, 0.3) is 0 Å². The van der Waals surface area contributed by atoms with Crippen LogP contribution in [0, 0.1) is 17.3 Å². The molecule has 110 valence electrons. The molecule has 0 aromatic heterocycles. The van der Waals surface area contributed by atoms with Crippen LogP contribution in [0.4, 0.5) is 0 Å². The van der Waals surface area contributed by atoms with E-state index in [1.165, 1.54) is 0 Å². The second kappa shape index (κ2) is 5.41. The van der Waals surface area contributed by atoms with Gasteiger partial charge in [-0.3, -0.25) is 4.79 Å². The second-order valence-corrected chi connectivity index (χ2v) is 6.65. The summed E-state index contributed by atoms with van der Waals surface area (Å²) in [6.07, 6.45) is 2.63. The predicted molar refractivity (Wildman–Crippen MR) is 71.6 cm³/mol. The maximum atomic E-state index is 12.2. The van der Waals surface area contributed by atoms with Gasteiger partial charge in [0.15, 0.2) is 5.79 Å². The lowest BCUT2D eigenvalue weighted by Gasteiger charge is -2.44. The Labute approximate surface area is 115 Å². The van der Waals surface area contributed by atoms with E-state index in [0.29, 0.717) is 25.7 Å². The van der Waals surface area contributed by atoms with Crippen LogP contribution in [0.2, 0.25) is 0 Å². The molecule has 0 aromatic rings. The molecule has 2 rings (SSSR count). The highest BCUT2D eigenvalue weighted by Crippen LogP contribution is 2.48. The fourth-order valence-electron chi connectivity index (χ4n) is 3.25. The van der Waals surface area contributed by atoms with Crippen LogP contribution < -0.4 is 0 Å². The van der Waals surface area contributed by atoms with Crippen LogP contribution in [-0.2, 0) is 19.0 Å². The fraction of sp³-hybridized carbons (Fsp3) is 0.933. The van der Waals surface area contributed by atoms with Gasteiger partial charge in [-0.1, -0.05) is 20.8 Å². The summed E-state index contributed by atoms with van der Waals surface area (Å²) in [5, 5.41) is 0. The minimum atomic E-state index is -0.714. The van der Waals surface area contributed by atoms with Gasteiger partial charge in [0.25, 0.3) is 0 Å². The van der Waals surface area contributed by atoms with Crippen molar-refractivity contribution in [3.63, 3.8) is 0 Å². The molecule has 0 radical (unpaired) electrons. The summed E-state index contributed by atoms with van der Waals surface area (Å²) < 4.78 is 16.8. The molecule has 0 amide bonds. The van der Waals surface area contributed by atoms with Gasteiger partial charge in [-0.2, -0.15) is 0 Å². The van der Waals surface area contributed by atoms with E-state index < -0.39 is 5.79 Å². The Balaban J connectivity index is 2.16. The highest BCUT2D eigenvalue weighted by molar-refractivity contribution is 5.74. The lowest BCUT2D eigenvalue weighted by molar-refractivity contribution is -0.230. The van der Waals surface area contributed by atoms with Gasteiger partial charge < -0.3 is 14.2 Å². The molecule has 1 heterocycles. The zero-order valence-electron chi connectivity index (χ0n) is 12.5. The zero-order chi connectivity index (χ0) is 14.1. The highest BCUT2D eigenvalue weighted by atomic mass is 16.7. The maximum absolute atomic E-state index is 12.2. The average Bonchev–Trinajstić information content (AvgIpc) is 2.77. The molecule has 1 aliphatic carbocycles. The first kappa shape index (κ1) is 14.8. The number of rotatable bonds is 2. The highest BCUT2D eigenvalue weighted by Gasteiger charge is 2.53. The molecule has 1 saturated carbocycles. The normalized spacial score (nSPS) is 30.5. The molecule has 4 heteroatoms. The molecular weight excluding hydrogens is 244 g/mol. The lowest BCUT2D eigenvalue weighted by atomic mass is 9.67. The largest absolute Gasteiger partial charge is 0.466 e. The summed E-state index contributed by atoms with van der Waals surface area (Å²) in [4.78, 5) is 12.2. The van der Waals surface area contributed by atoms with E-state index in [2.05, 4.69) is 20.8 Å². The molecule has 2 fully saturated rings. The Kier molecular flexibility index (Phi) is 4.21. The maximum Gasteiger partial charge on any atom is 0.314 e. The van der Waals surface area contributed by atoms with Crippen molar-refractivity contribution in [1.29, 1.82) is 0 Å². The monoisotopic (exact) mass is 270 g/mol. The lowest BCUT2D eigenvalue weighted by Crippen LogP contribution is -2.50. The van der Waals surface area contributed by atoms with Crippen LogP contribution in [0.1, 0.15) is 47.0 Å².